The van der Waals surface area contributed by atoms with Gasteiger partial charge in [0.05, 0.1) is 6.04 Å². The zero-order valence-electron chi connectivity index (χ0n) is 22.6. The van der Waals surface area contributed by atoms with E-state index in [-0.39, 0.29) is 17.7 Å². The quantitative estimate of drug-likeness (QED) is 0.214. The Morgan fingerprint density at radius 3 is 2.58 bits per heavy atom. The maximum Gasteiger partial charge on any atom is 0.439 e. The second kappa shape index (κ2) is 11.3. The Hall–Kier alpha value is -3.98. The fraction of sp³-hybridized carbons (Fsp3) is 0.367. The van der Waals surface area contributed by atoms with Crippen LogP contribution in [0, 0.1) is 11.8 Å². The number of nitrogens with one attached hydrogen (secondary N) is 2. The van der Waals surface area contributed by atoms with Gasteiger partial charge < -0.3 is 9.88 Å². The average molecular weight is 558 g/mol. The number of nitrogens with zero attached hydrogens (tertiary/aromatic N) is 5. The third-order valence-corrected chi connectivity index (χ3v) is 8.08. The monoisotopic (exact) mass is 557 g/mol. The summed E-state index contributed by atoms with van der Waals surface area (Å²) >= 11 is 6.42. The Balaban J connectivity index is 1.54. The highest BCUT2D eigenvalue weighted by Gasteiger charge is 2.26. The van der Waals surface area contributed by atoms with Crippen molar-refractivity contribution in [3.8, 4) is 22.9 Å². The molecule has 2 aromatic carbocycles. The minimum atomic E-state index is -0.670. The van der Waals surface area contributed by atoms with Gasteiger partial charge in [-0.05, 0) is 48.8 Å². The Labute approximate surface area is 237 Å². The molecule has 40 heavy (non-hydrogen) atoms. The molecule has 1 aliphatic carbocycles. The van der Waals surface area contributed by atoms with E-state index in [1.54, 1.807) is 0 Å². The molecule has 1 fully saturated rings. The van der Waals surface area contributed by atoms with Crippen molar-refractivity contribution >= 4 is 28.7 Å². The second-order valence-corrected chi connectivity index (χ2v) is 11.1. The molecule has 0 amide bonds. The van der Waals surface area contributed by atoms with Gasteiger partial charge in [-0.15, -0.1) is 0 Å². The lowest BCUT2D eigenvalue weighted by Gasteiger charge is -2.28. The summed E-state index contributed by atoms with van der Waals surface area (Å²) in [6.07, 6.45) is 5.67. The molecule has 5 aromatic rings. The molecule has 6 rings (SSSR count). The highest BCUT2D eigenvalue weighted by Crippen LogP contribution is 2.36. The molecule has 1 atom stereocenters. The Bertz CT molecular complexity index is 1670. The number of anilines is 1. The van der Waals surface area contributed by atoms with Gasteiger partial charge in [0.1, 0.15) is 11.2 Å². The molecule has 1 saturated carbocycles. The molecule has 9 nitrogen and oxygen atoms in total. The first-order chi connectivity index (χ1) is 19.5. The molecule has 3 aromatic heterocycles. The van der Waals surface area contributed by atoms with Crippen molar-refractivity contribution in [1.82, 2.24) is 29.7 Å². The van der Waals surface area contributed by atoms with E-state index in [1.807, 2.05) is 30.3 Å². The molecule has 206 valence electrons. The van der Waals surface area contributed by atoms with E-state index in [2.05, 4.69) is 58.1 Å². The van der Waals surface area contributed by atoms with Gasteiger partial charge in [0.2, 0.25) is 17.6 Å². The van der Waals surface area contributed by atoms with Gasteiger partial charge >= 0.3 is 5.76 Å². The first kappa shape index (κ1) is 26.3. The van der Waals surface area contributed by atoms with Crippen LogP contribution in [-0.2, 0) is 6.54 Å². The van der Waals surface area contributed by atoms with E-state index < -0.39 is 5.76 Å². The molecule has 0 radical (unpaired) electrons. The van der Waals surface area contributed by atoms with E-state index in [0.717, 1.165) is 35.9 Å². The van der Waals surface area contributed by atoms with E-state index in [0.29, 0.717) is 22.3 Å². The summed E-state index contributed by atoms with van der Waals surface area (Å²) in [5, 5.41) is 8.15. The van der Waals surface area contributed by atoms with Crippen LogP contribution in [0.5, 0.6) is 0 Å². The third kappa shape index (κ3) is 5.38. The van der Waals surface area contributed by atoms with Crippen LogP contribution in [0.25, 0.3) is 34.1 Å². The number of aromatic nitrogens is 6. The van der Waals surface area contributed by atoms with Crippen LogP contribution in [0.2, 0.25) is 5.02 Å². The van der Waals surface area contributed by atoms with E-state index in [1.165, 1.54) is 31.2 Å². The Kier molecular flexibility index (Phi) is 7.38. The van der Waals surface area contributed by atoms with Crippen LogP contribution in [0.15, 0.2) is 63.9 Å². The van der Waals surface area contributed by atoms with Crippen molar-refractivity contribution in [2.75, 3.05) is 5.32 Å². The summed E-state index contributed by atoms with van der Waals surface area (Å²) in [5.41, 5.74) is 4.02. The van der Waals surface area contributed by atoms with E-state index in [9.17, 15) is 4.79 Å². The third-order valence-electron chi connectivity index (χ3n) is 7.84. The summed E-state index contributed by atoms with van der Waals surface area (Å²) in [6.45, 7) is 5.30. The lowest BCUT2D eigenvalue weighted by molar-refractivity contribution is 0.267. The number of fused-ring (bicyclic) bond motifs is 1. The van der Waals surface area contributed by atoms with Gasteiger partial charge in [-0.3, -0.25) is 9.51 Å². The molecule has 0 spiro atoms. The fourth-order valence-corrected chi connectivity index (χ4v) is 5.82. The minimum Gasteiger partial charge on any atom is -0.349 e. The second-order valence-electron chi connectivity index (χ2n) is 10.7. The first-order valence-corrected chi connectivity index (χ1v) is 14.3. The zero-order valence-corrected chi connectivity index (χ0v) is 23.4. The van der Waals surface area contributed by atoms with Gasteiger partial charge in [-0.25, -0.2) is 14.8 Å². The van der Waals surface area contributed by atoms with Crippen molar-refractivity contribution in [2.24, 2.45) is 11.8 Å². The molecular formula is C30H32ClN7O2. The minimum absolute atomic E-state index is 0.0667. The molecule has 0 aliphatic heterocycles. The lowest BCUT2D eigenvalue weighted by atomic mass is 9.83. The van der Waals surface area contributed by atoms with Crippen molar-refractivity contribution < 1.29 is 4.52 Å². The Morgan fingerprint density at radius 2 is 1.88 bits per heavy atom. The van der Waals surface area contributed by atoms with Crippen molar-refractivity contribution in [2.45, 2.75) is 58.5 Å². The predicted octanol–water partition coefficient (Wildman–Crippen LogP) is 6.88. The molecular weight excluding hydrogens is 526 g/mol. The molecule has 0 saturated heterocycles. The Morgan fingerprint density at radius 1 is 1.07 bits per heavy atom. The van der Waals surface area contributed by atoms with Crippen LogP contribution in [-0.4, -0.2) is 29.7 Å². The topological polar surface area (TPSA) is 115 Å². The number of imidazole rings is 1. The number of halogens is 1. The highest BCUT2D eigenvalue weighted by atomic mass is 35.5. The fourth-order valence-electron chi connectivity index (χ4n) is 5.63. The van der Waals surface area contributed by atoms with Crippen LogP contribution >= 0.6 is 11.6 Å². The zero-order chi connectivity index (χ0) is 27.6. The summed E-state index contributed by atoms with van der Waals surface area (Å²) in [6, 6.07) is 18.0. The van der Waals surface area contributed by atoms with Crippen molar-refractivity contribution in [1.29, 1.82) is 0 Å². The van der Waals surface area contributed by atoms with Crippen molar-refractivity contribution in [3.05, 3.63) is 75.7 Å². The highest BCUT2D eigenvalue weighted by molar-refractivity contribution is 6.30. The van der Waals surface area contributed by atoms with Crippen LogP contribution in [0.3, 0.4) is 0 Å². The van der Waals surface area contributed by atoms with Crippen LogP contribution < -0.4 is 11.1 Å². The summed E-state index contributed by atoms with van der Waals surface area (Å²) in [4.78, 5) is 29.0. The molecule has 2 N–H and O–H groups in total. The standard InChI is InChI=1S/C30H32ClN7O2/c1-3-23(20-8-5-4-6-9-20)32-29-35-26-25(38(29)17-19-14-12-18(2)13-15-19)24(21-10-7-11-22(31)16-21)33-27(34-26)28-36-30(39)40-37-28/h4-11,16,18-19,23H,3,12-15,17H2,1-2H3,(H,36,37,39)(H,32,33,34,35)/t18-,19-,23-/m0/s1. The normalized spacial score (nSPS) is 18.2. The molecule has 0 unspecified atom stereocenters. The predicted molar refractivity (Wildman–Crippen MR) is 156 cm³/mol. The number of rotatable bonds is 8. The van der Waals surface area contributed by atoms with E-state index >= 15 is 0 Å². The van der Waals surface area contributed by atoms with Crippen molar-refractivity contribution in [3.63, 3.8) is 0 Å². The largest absolute Gasteiger partial charge is 0.439 e. The average Bonchev–Trinajstić information content (AvgIpc) is 3.56. The van der Waals surface area contributed by atoms with Crippen LogP contribution in [0.1, 0.15) is 57.6 Å². The number of aromatic amines is 1. The first-order valence-electron chi connectivity index (χ1n) is 13.9. The van der Waals surface area contributed by atoms with Crippen LogP contribution in [0.4, 0.5) is 5.95 Å². The van der Waals surface area contributed by atoms with E-state index in [4.69, 9.17) is 31.1 Å². The summed E-state index contributed by atoms with van der Waals surface area (Å²) in [7, 11) is 0. The maximum atomic E-state index is 11.7. The number of hydrogen-bond donors (Lipinski definition) is 2. The SMILES string of the molecule is CC[C@H](Nc1nc2nc(-c3noc(=O)[nH]3)nc(-c3cccc(Cl)c3)c2n1C[C@H]1CC[C@H](C)CC1)c1ccccc1. The number of benzene rings is 2. The van der Waals surface area contributed by atoms with Gasteiger partial charge in [-0.1, -0.05) is 85.9 Å². The molecule has 0 bridgehead atoms. The molecule has 10 heteroatoms. The van der Waals surface area contributed by atoms with Gasteiger partial charge in [0.25, 0.3) is 0 Å². The van der Waals surface area contributed by atoms with Gasteiger partial charge in [0.15, 0.2) is 5.65 Å². The number of hydrogen-bond acceptors (Lipinski definition) is 7. The number of H-pyrrole nitrogens is 1. The molecule has 1 aliphatic rings. The lowest BCUT2D eigenvalue weighted by Crippen LogP contribution is -2.20. The van der Waals surface area contributed by atoms with Gasteiger partial charge in [0, 0.05) is 17.1 Å². The van der Waals surface area contributed by atoms with Gasteiger partial charge in [-0.2, -0.15) is 4.98 Å². The molecule has 3 heterocycles. The summed E-state index contributed by atoms with van der Waals surface area (Å²) in [5.74, 6) is 1.73. The smallest absolute Gasteiger partial charge is 0.349 e. The summed E-state index contributed by atoms with van der Waals surface area (Å²) < 4.78 is 6.99. The maximum absolute atomic E-state index is 11.7.